The molecule has 0 unspecified atom stereocenters. The van der Waals surface area contributed by atoms with E-state index < -0.39 is 13.4 Å². The molecule has 0 heterocycles. The number of rotatable bonds is 0. The van der Waals surface area contributed by atoms with E-state index in [0.717, 1.165) is 0 Å². The van der Waals surface area contributed by atoms with Crippen LogP contribution in [0.3, 0.4) is 0 Å². The second-order valence-corrected chi connectivity index (χ2v) is 6.84. The van der Waals surface area contributed by atoms with Gasteiger partial charge in [0, 0.05) is 0 Å². The summed E-state index contributed by atoms with van der Waals surface area (Å²) >= 11 is 7.21. The Morgan fingerprint density at radius 1 is 0.824 bits per heavy atom. The van der Waals surface area contributed by atoms with Gasteiger partial charge in [-0.2, -0.15) is 0 Å². The van der Waals surface area contributed by atoms with Gasteiger partial charge >= 0.3 is 51.2 Å². The third kappa shape index (κ3) is 1370. The van der Waals surface area contributed by atoms with Crippen molar-refractivity contribution in [2.75, 3.05) is 0 Å². The molecule has 0 spiro atoms. The largest absolute Gasteiger partial charge is 2.00 e. The molecule has 11 heteroatoms. The molecule has 0 aliphatic heterocycles. The van der Waals surface area contributed by atoms with Crippen molar-refractivity contribution in [3.05, 3.63) is 25.3 Å². The van der Waals surface area contributed by atoms with E-state index in [1.807, 2.05) is 13.8 Å². The zero-order chi connectivity index (χ0) is 14.4. The van der Waals surface area contributed by atoms with Crippen LogP contribution in [-0.4, -0.2) is 67.1 Å². The Morgan fingerprint density at radius 2 is 0.824 bits per heavy atom. The van der Waals surface area contributed by atoms with Gasteiger partial charge in [0.05, 0.1) is 0 Å². The normalized spacial score (nSPS) is 8.47. The van der Waals surface area contributed by atoms with Crippen LogP contribution < -0.4 is 0 Å². The molecule has 0 radical (unpaired) electrons. The first-order valence-corrected chi connectivity index (χ1v) is 8.86. The Labute approximate surface area is 145 Å². The molecular weight excluding hydrogens is 334 g/mol. The van der Waals surface area contributed by atoms with Gasteiger partial charge in [-0.25, -0.2) is 0 Å². The Hall–Kier alpha value is 1.80. The van der Waals surface area contributed by atoms with E-state index in [4.69, 9.17) is 29.4 Å². The van der Waals surface area contributed by atoms with Gasteiger partial charge in [-0.1, -0.05) is 12.2 Å². The zero-order valence-electron chi connectivity index (χ0n) is 11.7. The van der Waals surface area contributed by atoms with Crippen molar-refractivity contribution in [1.29, 1.82) is 0 Å². The maximum absolute atomic E-state index is 7.56. The first-order chi connectivity index (χ1) is 6.83. The summed E-state index contributed by atoms with van der Waals surface area (Å²) in [6.07, 6.45) is 3.50. The van der Waals surface area contributed by atoms with E-state index in [1.54, 1.807) is 12.2 Å². The van der Waals surface area contributed by atoms with Gasteiger partial charge in [0.1, 0.15) is 0 Å². The molecule has 0 amide bonds. The Kier molecular flexibility index (Phi) is 37.0. The molecule has 6 nitrogen and oxygen atoms in total. The fraction of sp³-hybridized carbons (Fsp3) is 0.333. The fourth-order valence-electron chi connectivity index (χ4n) is 0. The van der Waals surface area contributed by atoms with Crippen molar-refractivity contribution in [2.45, 2.75) is 13.8 Å². The zero-order valence-corrected chi connectivity index (χ0v) is 15.3. The molecule has 0 aromatic heterocycles. The van der Waals surface area contributed by atoms with Crippen LogP contribution in [-0.2, 0) is 23.6 Å². The van der Waals surface area contributed by atoms with Crippen LogP contribution in [0.1, 0.15) is 16.7 Å². The molecule has 0 aliphatic carbocycles. The minimum absolute atomic E-state index is 0. The molecule has 104 valence electrons. The molecule has 0 bridgehead atoms. The van der Waals surface area contributed by atoms with E-state index in [2.05, 4.69) is 36.8 Å². The summed E-state index contributed by atoms with van der Waals surface area (Å²) in [5.41, 5.74) is 0. The molecule has 0 aromatic rings. The minimum Gasteiger partial charge on any atom is -1.00 e. The van der Waals surface area contributed by atoms with E-state index in [0.29, 0.717) is 0 Å². The molecule has 0 saturated heterocycles. The minimum atomic E-state index is -3.81. The molecule has 17 heavy (non-hydrogen) atoms. The third-order valence-corrected chi connectivity index (χ3v) is 0. The molecule has 0 aliphatic rings. The van der Waals surface area contributed by atoms with Crippen LogP contribution >= 0.6 is 13.4 Å². The first kappa shape index (κ1) is 31.3. The smallest absolute Gasteiger partial charge is 1.00 e. The summed E-state index contributed by atoms with van der Waals surface area (Å²) in [4.78, 5) is 45.3. The SMILES string of the molecule is C=CC.C=CC.OP(O)(O)=S.OP(O)(O)=S.[Ca+2].[H-].[H-]. The molecule has 0 saturated carbocycles. The number of hydrogen-bond donors (Lipinski definition) is 6. The van der Waals surface area contributed by atoms with Crippen molar-refractivity contribution in [3.63, 3.8) is 0 Å². The Bertz CT molecular complexity index is 218. The fourth-order valence-corrected chi connectivity index (χ4v) is 0. The van der Waals surface area contributed by atoms with Crippen molar-refractivity contribution >= 4 is 74.8 Å². The van der Waals surface area contributed by atoms with Crippen LogP contribution in [0.4, 0.5) is 0 Å². The summed E-state index contributed by atoms with van der Waals surface area (Å²) in [7, 11) is 0. The van der Waals surface area contributed by atoms with Crippen molar-refractivity contribution < 1.29 is 32.2 Å². The van der Waals surface area contributed by atoms with E-state index >= 15 is 0 Å². The van der Waals surface area contributed by atoms with Gasteiger partial charge in [0.15, 0.2) is 0 Å². The van der Waals surface area contributed by atoms with Crippen molar-refractivity contribution in [3.8, 4) is 0 Å². The standard InChI is InChI=1S/2C3H6.Ca.2H3O3PS.2H/c2*1-3-2;;2*1-4(2,3)5;;/h2*3H,1H2,2H3;;2*(H3,1,2,3,5);;/q;;+2;;;2*-1. The summed E-state index contributed by atoms with van der Waals surface area (Å²) in [5.74, 6) is 0. The summed E-state index contributed by atoms with van der Waals surface area (Å²) in [6.45, 7) is 2.89. The van der Waals surface area contributed by atoms with Crippen LogP contribution in [0.25, 0.3) is 0 Å². The first-order valence-electron chi connectivity index (χ1n) is 3.54. The van der Waals surface area contributed by atoms with Gasteiger partial charge in [-0.15, -0.1) is 13.2 Å². The van der Waals surface area contributed by atoms with E-state index in [-0.39, 0.29) is 40.6 Å². The average Bonchev–Trinajstić information content (AvgIpc) is 1.79. The molecule has 0 fully saturated rings. The van der Waals surface area contributed by atoms with Gasteiger partial charge in [0.2, 0.25) is 0 Å². The summed E-state index contributed by atoms with van der Waals surface area (Å²) in [5, 5.41) is 0. The van der Waals surface area contributed by atoms with Gasteiger partial charge in [0.25, 0.3) is 0 Å². The second-order valence-electron chi connectivity index (χ2n) is 1.84. The molecule has 6 N–H and O–H groups in total. The topological polar surface area (TPSA) is 121 Å². The van der Waals surface area contributed by atoms with Crippen LogP contribution in [0.5, 0.6) is 0 Å². The third-order valence-electron chi connectivity index (χ3n) is 0. The predicted octanol–water partition coefficient (Wildman–Crippen LogP) is 0.604. The number of hydrogen-bond acceptors (Lipinski definition) is 2. The Balaban J connectivity index is -0.0000000197. The maximum atomic E-state index is 7.56. The molecule has 0 rings (SSSR count). The summed E-state index contributed by atoms with van der Waals surface area (Å²) in [6, 6.07) is 0. The van der Waals surface area contributed by atoms with Gasteiger partial charge in [-0.3, -0.25) is 0 Å². The van der Waals surface area contributed by atoms with Crippen LogP contribution in [0.15, 0.2) is 25.3 Å². The Morgan fingerprint density at radius 3 is 0.824 bits per heavy atom. The monoisotopic (exact) mass is 354 g/mol. The van der Waals surface area contributed by atoms with Gasteiger partial charge < -0.3 is 32.2 Å². The predicted molar refractivity (Wildman–Crippen MR) is 81.6 cm³/mol. The molecule has 0 atom stereocenters. The van der Waals surface area contributed by atoms with Crippen molar-refractivity contribution in [1.82, 2.24) is 0 Å². The number of allylic oxidation sites excluding steroid dienone is 2. The average molecular weight is 354 g/mol. The molecule has 0 aromatic carbocycles. The van der Waals surface area contributed by atoms with E-state index in [1.165, 1.54) is 0 Å². The second kappa shape index (κ2) is 20.1. The van der Waals surface area contributed by atoms with Crippen LogP contribution in [0.2, 0.25) is 0 Å². The molecular formula is C6H20CaO6P2S2. The summed E-state index contributed by atoms with van der Waals surface area (Å²) < 4.78 is 0. The van der Waals surface area contributed by atoms with Gasteiger partial charge in [-0.05, 0) is 37.5 Å². The maximum Gasteiger partial charge on any atom is 2.00 e. The van der Waals surface area contributed by atoms with E-state index in [9.17, 15) is 0 Å². The van der Waals surface area contributed by atoms with Crippen LogP contribution in [0, 0.1) is 0 Å². The quantitative estimate of drug-likeness (QED) is 0.213. The van der Waals surface area contributed by atoms with Crippen molar-refractivity contribution in [2.24, 2.45) is 0 Å².